The summed E-state index contributed by atoms with van der Waals surface area (Å²) in [6, 6.07) is 6.75. The van der Waals surface area contributed by atoms with Gasteiger partial charge in [-0.3, -0.25) is 14.7 Å². The van der Waals surface area contributed by atoms with Crippen LogP contribution in [0.1, 0.15) is 36.0 Å². The van der Waals surface area contributed by atoms with Crippen molar-refractivity contribution in [1.29, 1.82) is 0 Å². The number of guanidine groups is 1. The second-order valence-electron chi connectivity index (χ2n) is 7.95. The van der Waals surface area contributed by atoms with Crippen LogP contribution in [0.2, 0.25) is 0 Å². The van der Waals surface area contributed by atoms with Crippen molar-refractivity contribution in [2.45, 2.75) is 45.6 Å². The van der Waals surface area contributed by atoms with E-state index in [-0.39, 0.29) is 11.9 Å². The Labute approximate surface area is 170 Å². The number of amides is 1. The normalized spacial score (nSPS) is 17.6. The second-order valence-corrected chi connectivity index (χ2v) is 7.95. The van der Waals surface area contributed by atoms with Gasteiger partial charge in [0.1, 0.15) is 0 Å². The Kier molecular flexibility index (Phi) is 8.77. The molecule has 1 heterocycles. The van der Waals surface area contributed by atoms with Crippen LogP contribution in [0.15, 0.2) is 23.2 Å². The van der Waals surface area contributed by atoms with Gasteiger partial charge in [-0.05, 0) is 51.6 Å². The zero-order valence-corrected chi connectivity index (χ0v) is 18.2. The average Bonchev–Trinajstić information content (AvgIpc) is 3.10. The van der Waals surface area contributed by atoms with E-state index in [0.29, 0.717) is 0 Å². The van der Waals surface area contributed by atoms with E-state index in [0.717, 1.165) is 57.8 Å². The number of likely N-dealkylation sites (N-methyl/N-ethyl adjacent to an activating group) is 1. The van der Waals surface area contributed by atoms with Crippen LogP contribution < -0.4 is 10.6 Å². The number of carbonyl (C=O) groups excluding carboxylic acids is 1. The molecule has 6 nitrogen and oxygen atoms in total. The van der Waals surface area contributed by atoms with Crippen LogP contribution in [-0.2, 0) is 11.2 Å². The van der Waals surface area contributed by atoms with E-state index in [1.165, 1.54) is 16.7 Å². The largest absolute Gasteiger partial charge is 0.356 e. The Morgan fingerprint density at radius 3 is 2.50 bits per heavy atom. The minimum atomic E-state index is 0.0604. The SMILES string of the molecule is CN=C(NCCCN1CCCC1C(=O)N(C)C)NCCc1cc(C)cc(C)c1. The van der Waals surface area contributed by atoms with Crippen molar-refractivity contribution in [1.82, 2.24) is 20.4 Å². The van der Waals surface area contributed by atoms with Crippen LogP contribution in [0.25, 0.3) is 0 Å². The lowest BCUT2D eigenvalue weighted by molar-refractivity contribution is -0.133. The van der Waals surface area contributed by atoms with Crippen molar-refractivity contribution >= 4 is 11.9 Å². The summed E-state index contributed by atoms with van der Waals surface area (Å²) in [7, 11) is 5.49. The number of carbonyl (C=O) groups is 1. The maximum absolute atomic E-state index is 12.3. The van der Waals surface area contributed by atoms with Gasteiger partial charge in [0.25, 0.3) is 0 Å². The summed E-state index contributed by atoms with van der Waals surface area (Å²) in [6.45, 7) is 7.95. The lowest BCUT2D eigenvalue weighted by Gasteiger charge is -2.26. The summed E-state index contributed by atoms with van der Waals surface area (Å²) in [5.74, 6) is 1.07. The molecule has 1 aromatic rings. The van der Waals surface area contributed by atoms with Gasteiger partial charge >= 0.3 is 0 Å². The highest BCUT2D eigenvalue weighted by molar-refractivity contribution is 5.81. The second kappa shape index (κ2) is 11.1. The fourth-order valence-electron chi connectivity index (χ4n) is 3.92. The fraction of sp³-hybridized carbons (Fsp3) is 0.636. The number of nitrogens with one attached hydrogen (secondary N) is 2. The Morgan fingerprint density at radius 2 is 1.86 bits per heavy atom. The molecule has 1 aliphatic rings. The molecule has 1 amide bonds. The van der Waals surface area contributed by atoms with Crippen LogP contribution >= 0.6 is 0 Å². The van der Waals surface area contributed by atoms with E-state index >= 15 is 0 Å². The number of likely N-dealkylation sites (tertiary alicyclic amines) is 1. The van der Waals surface area contributed by atoms with Gasteiger partial charge in [0.2, 0.25) is 5.91 Å². The number of rotatable bonds is 8. The fourth-order valence-corrected chi connectivity index (χ4v) is 3.92. The first-order valence-electron chi connectivity index (χ1n) is 10.4. The van der Waals surface area contributed by atoms with Crippen molar-refractivity contribution < 1.29 is 4.79 Å². The number of nitrogens with zero attached hydrogens (tertiary/aromatic N) is 3. The molecule has 0 radical (unpaired) electrons. The molecule has 1 fully saturated rings. The topological polar surface area (TPSA) is 60.0 Å². The van der Waals surface area contributed by atoms with E-state index in [1.807, 2.05) is 14.1 Å². The zero-order chi connectivity index (χ0) is 20.5. The van der Waals surface area contributed by atoms with Gasteiger partial charge in [-0.1, -0.05) is 29.3 Å². The summed E-state index contributed by atoms with van der Waals surface area (Å²) in [5, 5.41) is 6.78. The predicted molar refractivity (Wildman–Crippen MR) is 117 cm³/mol. The molecule has 0 spiro atoms. The molecular weight excluding hydrogens is 350 g/mol. The van der Waals surface area contributed by atoms with E-state index < -0.39 is 0 Å². The molecule has 0 saturated carbocycles. The Balaban J connectivity index is 1.67. The average molecular weight is 388 g/mol. The van der Waals surface area contributed by atoms with Crippen LogP contribution in [-0.4, -0.2) is 75.0 Å². The highest BCUT2D eigenvalue weighted by Crippen LogP contribution is 2.18. The molecule has 1 aliphatic heterocycles. The van der Waals surface area contributed by atoms with Crippen molar-refractivity contribution in [2.24, 2.45) is 4.99 Å². The van der Waals surface area contributed by atoms with E-state index in [2.05, 4.69) is 52.6 Å². The summed E-state index contributed by atoms with van der Waals surface area (Å²) in [5.41, 5.74) is 3.97. The van der Waals surface area contributed by atoms with Crippen LogP contribution in [0.3, 0.4) is 0 Å². The quantitative estimate of drug-likeness (QED) is 0.407. The Bertz CT molecular complexity index is 651. The van der Waals surface area contributed by atoms with Gasteiger partial charge in [0.15, 0.2) is 5.96 Å². The van der Waals surface area contributed by atoms with Crippen molar-refractivity contribution in [3.8, 4) is 0 Å². The van der Waals surface area contributed by atoms with Gasteiger partial charge in [-0.15, -0.1) is 0 Å². The molecule has 2 rings (SSSR count). The molecule has 1 unspecified atom stereocenters. The van der Waals surface area contributed by atoms with Crippen molar-refractivity contribution in [2.75, 3.05) is 47.3 Å². The molecule has 0 bridgehead atoms. The Morgan fingerprint density at radius 1 is 1.18 bits per heavy atom. The Hall–Kier alpha value is -2.08. The molecule has 1 saturated heterocycles. The first-order valence-corrected chi connectivity index (χ1v) is 10.4. The van der Waals surface area contributed by atoms with Gasteiger partial charge in [-0.2, -0.15) is 0 Å². The first kappa shape index (κ1) is 22.2. The van der Waals surface area contributed by atoms with Gasteiger partial charge in [-0.25, -0.2) is 0 Å². The van der Waals surface area contributed by atoms with E-state index in [9.17, 15) is 4.79 Å². The third-order valence-corrected chi connectivity index (χ3v) is 5.22. The van der Waals surface area contributed by atoms with Crippen molar-refractivity contribution in [3.63, 3.8) is 0 Å². The van der Waals surface area contributed by atoms with Crippen LogP contribution in [0, 0.1) is 13.8 Å². The molecule has 1 aromatic carbocycles. The minimum Gasteiger partial charge on any atom is -0.356 e. The molecule has 1 atom stereocenters. The smallest absolute Gasteiger partial charge is 0.239 e. The molecule has 2 N–H and O–H groups in total. The summed E-state index contributed by atoms with van der Waals surface area (Å²) >= 11 is 0. The lowest BCUT2D eigenvalue weighted by atomic mass is 10.1. The number of aliphatic imine (C=N–C) groups is 1. The van der Waals surface area contributed by atoms with Crippen LogP contribution in [0.5, 0.6) is 0 Å². The number of benzene rings is 1. The third-order valence-electron chi connectivity index (χ3n) is 5.22. The number of hydrogen-bond donors (Lipinski definition) is 2. The number of hydrogen-bond acceptors (Lipinski definition) is 3. The van der Waals surface area contributed by atoms with Gasteiger partial charge < -0.3 is 15.5 Å². The summed E-state index contributed by atoms with van der Waals surface area (Å²) < 4.78 is 0. The highest BCUT2D eigenvalue weighted by Gasteiger charge is 2.30. The highest BCUT2D eigenvalue weighted by atomic mass is 16.2. The minimum absolute atomic E-state index is 0.0604. The lowest BCUT2D eigenvalue weighted by Crippen LogP contribution is -2.44. The van der Waals surface area contributed by atoms with E-state index in [4.69, 9.17) is 0 Å². The van der Waals surface area contributed by atoms with Crippen molar-refractivity contribution in [3.05, 3.63) is 34.9 Å². The molecule has 0 aliphatic carbocycles. The van der Waals surface area contributed by atoms with Gasteiger partial charge in [0.05, 0.1) is 6.04 Å². The summed E-state index contributed by atoms with van der Waals surface area (Å²) in [6.07, 6.45) is 4.06. The maximum Gasteiger partial charge on any atom is 0.239 e. The molecular formula is C22H37N5O. The number of aryl methyl sites for hydroxylation is 2. The van der Waals surface area contributed by atoms with Gasteiger partial charge in [0, 0.05) is 40.8 Å². The summed E-state index contributed by atoms with van der Waals surface area (Å²) in [4.78, 5) is 20.6. The molecule has 28 heavy (non-hydrogen) atoms. The maximum atomic E-state index is 12.3. The van der Waals surface area contributed by atoms with Crippen LogP contribution in [0.4, 0.5) is 0 Å². The molecule has 0 aromatic heterocycles. The predicted octanol–water partition coefficient (Wildman–Crippen LogP) is 1.95. The standard InChI is InChI=1S/C22H37N5O/c1-17-14-18(2)16-19(15-17)9-11-25-22(23-3)24-10-7-13-27-12-6-8-20(27)21(28)26(4)5/h14-16,20H,6-13H2,1-5H3,(H2,23,24,25). The zero-order valence-electron chi connectivity index (χ0n) is 18.2. The monoisotopic (exact) mass is 387 g/mol. The first-order chi connectivity index (χ1) is 13.4. The molecule has 6 heteroatoms. The molecule has 156 valence electrons. The van der Waals surface area contributed by atoms with E-state index in [1.54, 1.807) is 11.9 Å². The third kappa shape index (κ3) is 6.82.